The quantitative estimate of drug-likeness (QED) is 0.761. The highest BCUT2D eigenvalue weighted by Gasteiger charge is 2.33. The van der Waals surface area contributed by atoms with E-state index in [1.807, 2.05) is 50.2 Å². The summed E-state index contributed by atoms with van der Waals surface area (Å²) in [5, 5.41) is 9.13. The number of anilines is 1. The van der Waals surface area contributed by atoms with Crippen LogP contribution >= 0.6 is 0 Å². The first-order valence-electron chi connectivity index (χ1n) is 10.0. The topological polar surface area (TPSA) is 70.1 Å². The molecule has 1 heterocycles. The van der Waals surface area contributed by atoms with Crippen molar-refractivity contribution in [1.29, 1.82) is 5.26 Å². The third-order valence-electron chi connectivity index (χ3n) is 5.95. The van der Waals surface area contributed by atoms with Gasteiger partial charge in [-0.05, 0) is 63.3 Å². The zero-order chi connectivity index (χ0) is 20.3. The Labute approximate surface area is 168 Å². The maximum atomic E-state index is 12.4. The highest BCUT2D eigenvalue weighted by molar-refractivity contribution is 5.96. The zero-order valence-electron chi connectivity index (χ0n) is 17.0. The Morgan fingerprint density at radius 1 is 1.25 bits per heavy atom. The van der Waals surface area contributed by atoms with Crippen molar-refractivity contribution >= 4 is 11.5 Å². The number of nitrogens with two attached hydrogens (primary N) is 1. The number of aryl methyl sites for hydroxylation is 2. The Kier molecular flexibility index (Phi) is 6.16. The number of hydrogen-bond acceptors (Lipinski definition) is 4. The fourth-order valence-electron chi connectivity index (χ4n) is 4.11. The minimum absolute atomic E-state index is 0.0151. The summed E-state index contributed by atoms with van der Waals surface area (Å²) in [6, 6.07) is 16.4. The Bertz CT molecular complexity index is 882. The predicted octanol–water partition coefficient (Wildman–Crippen LogP) is 4.38. The smallest absolute Gasteiger partial charge is 0.162 e. The molecular formula is C24H29N3O. The van der Waals surface area contributed by atoms with Crippen molar-refractivity contribution in [2.75, 3.05) is 11.4 Å². The molecular weight excluding hydrogens is 346 g/mol. The van der Waals surface area contributed by atoms with E-state index in [9.17, 15) is 4.79 Å². The van der Waals surface area contributed by atoms with Gasteiger partial charge in [-0.2, -0.15) is 5.26 Å². The van der Waals surface area contributed by atoms with E-state index in [1.165, 1.54) is 0 Å². The van der Waals surface area contributed by atoms with Crippen molar-refractivity contribution < 1.29 is 4.79 Å². The van der Waals surface area contributed by atoms with Gasteiger partial charge in [0.05, 0.1) is 11.6 Å². The predicted molar refractivity (Wildman–Crippen MR) is 114 cm³/mol. The number of ketones is 1. The van der Waals surface area contributed by atoms with E-state index in [4.69, 9.17) is 11.0 Å². The maximum Gasteiger partial charge on any atom is 0.162 e. The van der Waals surface area contributed by atoms with Crippen LogP contribution in [0.2, 0.25) is 0 Å². The molecule has 0 aliphatic carbocycles. The van der Waals surface area contributed by atoms with Crippen LogP contribution in [0.3, 0.4) is 0 Å². The number of carbonyl (C=O) groups is 1. The van der Waals surface area contributed by atoms with Gasteiger partial charge in [0.1, 0.15) is 0 Å². The van der Waals surface area contributed by atoms with E-state index in [-0.39, 0.29) is 11.8 Å². The molecule has 4 nitrogen and oxygen atoms in total. The molecule has 0 spiro atoms. The summed E-state index contributed by atoms with van der Waals surface area (Å²) in [6.07, 6.45) is 2.23. The van der Waals surface area contributed by atoms with E-state index < -0.39 is 0 Å². The van der Waals surface area contributed by atoms with Gasteiger partial charge < -0.3 is 10.6 Å². The van der Waals surface area contributed by atoms with Gasteiger partial charge in [0.15, 0.2) is 5.78 Å². The first kappa shape index (κ1) is 20.1. The average Bonchev–Trinajstić information content (AvgIpc) is 3.08. The summed E-state index contributed by atoms with van der Waals surface area (Å²) in [5.74, 6) is 0.540. The van der Waals surface area contributed by atoms with Crippen molar-refractivity contribution in [2.24, 2.45) is 11.7 Å². The van der Waals surface area contributed by atoms with Crippen molar-refractivity contribution in [3.63, 3.8) is 0 Å². The van der Waals surface area contributed by atoms with Crippen LogP contribution in [0.4, 0.5) is 5.69 Å². The van der Waals surface area contributed by atoms with Gasteiger partial charge in [-0.15, -0.1) is 0 Å². The molecule has 2 aromatic carbocycles. The second-order valence-corrected chi connectivity index (χ2v) is 8.10. The zero-order valence-corrected chi connectivity index (χ0v) is 17.0. The van der Waals surface area contributed by atoms with Crippen LogP contribution in [0.25, 0.3) is 0 Å². The summed E-state index contributed by atoms with van der Waals surface area (Å²) < 4.78 is 0. The van der Waals surface area contributed by atoms with Gasteiger partial charge in [-0.25, -0.2) is 0 Å². The van der Waals surface area contributed by atoms with Crippen LogP contribution in [-0.4, -0.2) is 24.4 Å². The number of carbonyl (C=O) groups excluding carboxylic acids is 1. The van der Waals surface area contributed by atoms with Crippen LogP contribution < -0.4 is 10.6 Å². The lowest BCUT2D eigenvalue weighted by molar-refractivity contribution is 0.0975. The SMILES string of the molecule is Cc1ccc(C(=O)CCC(N)[C@@H]2C[C@H](C)N(c3ccc(C#N)c(C)c3)C2)cc1. The van der Waals surface area contributed by atoms with E-state index in [0.717, 1.165) is 40.9 Å². The van der Waals surface area contributed by atoms with Gasteiger partial charge in [0, 0.05) is 36.3 Å². The first-order valence-corrected chi connectivity index (χ1v) is 10.0. The van der Waals surface area contributed by atoms with Crippen molar-refractivity contribution in [1.82, 2.24) is 0 Å². The van der Waals surface area contributed by atoms with E-state index in [2.05, 4.69) is 24.0 Å². The lowest BCUT2D eigenvalue weighted by Crippen LogP contribution is -2.33. The highest BCUT2D eigenvalue weighted by atomic mass is 16.1. The molecule has 0 bridgehead atoms. The molecule has 1 aliphatic rings. The third-order valence-corrected chi connectivity index (χ3v) is 5.95. The molecule has 4 heteroatoms. The fourth-order valence-corrected chi connectivity index (χ4v) is 4.11. The van der Waals surface area contributed by atoms with E-state index in [1.54, 1.807) is 0 Å². The number of nitrogens with zero attached hydrogens (tertiary/aromatic N) is 2. The lowest BCUT2D eigenvalue weighted by atomic mass is 9.92. The molecule has 2 N–H and O–H groups in total. The van der Waals surface area contributed by atoms with Crippen molar-refractivity contribution in [3.05, 3.63) is 64.7 Å². The largest absolute Gasteiger partial charge is 0.368 e. The maximum absolute atomic E-state index is 12.4. The summed E-state index contributed by atoms with van der Waals surface area (Å²) in [4.78, 5) is 14.8. The molecule has 1 saturated heterocycles. The normalized spacial score (nSPS) is 20.0. The van der Waals surface area contributed by atoms with Crippen molar-refractivity contribution in [2.45, 2.75) is 52.1 Å². The number of hydrogen-bond donors (Lipinski definition) is 1. The molecule has 0 saturated carbocycles. The second kappa shape index (κ2) is 8.58. The molecule has 2 aromatic rings. The number of nitriles is 1. The van der Waals surface area contributed by atoms with Crippen LogP contribution in [0, 0.1) is 31.1 Å². The number of Topliss-reactive ketones (excluding diaryl/α,β-unsaturated/α-hetero) is 1. The molecule has 3 rings (SSSR count). The molecule has 0 aromatic heterocycles. The van der Waals surface area contributed by atoms with Crippen molar-refractivity contribution in [3.8, 4) is 6.07 Å². The Morgan fingerprint density at radius 2 is 1.96 bits per heavy atom. The number of benzene rings is 2. The Balaban J connectivity index is 1.59. The molecule has 28 heavy (non-hydrogen) atoms. The Morgan fingerprint density at radius 3 is 2.61 bits per heavy atom. The van der Waals surface area contributed by atoms with E-state index >= 15 is 0 Å². The third kappa shape index (κ3) is 4.43. The summed E-state index contributed by atoms with van der Waals surface area (Å²) >= 11 is 0. The van der Waals surface area contributed by atoms with Crippen LogP contribution in [0.1, 0.15) is 53.2 Å². The van der Waals surface area contributed by atoms with Gasteiger partial charge in [-0.3, -0.25) is 4.79 Å². The molecule has 1 unspecified atom stereocenters. The van der Waals surface area contributed by atoms with Gasteiger partial charge in [0.25, 0.3) is 0 Å². The minimum Gasteiger partial charge on any atom is -0.368 e. The molecule has 3 atom stereocenters. The summed E-state index contributed by atoms with van der Waals surface area (Å²) in [6.45, 7) is 7.11. The van der Waals surface area contributed by atoms with Crippen LogP contribution in [0.5, 0.6) is 0 Å². The molecule has 0 radical (unpaired) electrons. The lowest BCUT2D eigenvalue weighted by Gasteiger charge is -2.25. The molecule has 146 valence electrons. The average molecular weight is 376 g/mol. The molecule has 1 fully saturated rings. The van der Waals surface area contributed by atoms with Gasteiger partial charge >= 0.3 is 0 Å². The fraction of sp³-hybridized carbons (Fsp3) is 0.417. The first-order chi connectivity index (χ1) is 13.4. The van der Waals surface area contributed by atoms with Crippen LogP contribution in [-0.2, 0) is 0 Å². The van der Waals surface area contributed by atoms with Crippen LogP contribution in [0.15, 0.2) is 42.5 Å². The monoisotopic (exact) mass is 375 g/mol. The molecule has 1 aliphatic heterocycles. The van der Waals surface area contributed by atoms with Gasteiger partial charge in [0.2, 0.25) is 0 Å². The standard InChI is InChI=1S/C24H29N3O/c1-16-4-6-19(7-5-16)24(28)11-10-23(26)21-13-18(3)27(15-21)22-9-8-20(14-25)17(2)12-22/h4-9,12,18,21,23H,10-11,13,15,26H2,1-3H3/t18-,21+,23?/m0/s1. The Hall–Kier alpha value is -2.64. The number of rotatable bonds is 6. The molecule has 0 amide bonds. The highest BCUT2D eigenvalue weighted by Crippen LogP contribution is 2.32. The van der Waals surface area contributed by atoms with Gasteiger partial charge in [-0.1, -0.05) is 29.8 Å². The minimum atomic E-state index is 0.0151. The van der Waals surface area contributed by atoms with E-state index in [0.29, 0.717) is 24.8 Å². The second-order valence-electron chi connectivity index (χ2n) is 8.10. The summed E-state index contributed by atoms with van der Waals surface area (Å²) in [5.41, 5.74) is 11.3. The summed E-state index contributed by atoms with van der Waals surface area (Å²) in [7, 11) is 0.